The number of anilines is 3. The lowest BCUT2D eigenvalue weighted by atomic mass is 9.94. The van der Waals surface area contributed by atoms with E-state index in [1.807, 2.05) is 0 Å². The molecule has 0 bridgehead atoms. The van der Waals surface area contributed by atoms with Crippen molar-refractivity contribution >= 4 is 51.1 Å². The van der Waals surface area contributed by atoms with Crippen LogP contribution in [0.1, 0.15) is 50.1 Å². The summed E-state index contributed by atoms with van der Waals surface area (Å²) in [5.41, 5.74) is 16.7. The van der Waals surface area contributed by atoms with Crippen LogP contribution in [0.5, 0.6) is 0 Å². The van der Waals surface area contributed by atoms with Crippen molar-refractivity contribution in [2.24, 2.45) is 0 Å². The minimum absolute atomic E-state index is 1.12. The Morgan fingerprint density at radius 1 is 0.389 bits per heavy atom. The van der Waals surface area contributed by atoms with Gasteiger partial charge in [0.05, 0.1) is 5.69 Å². The Labute approximate surface area is 319 Å². The van der Waals surface area contributed by atoms with Crippen LogP contribution in [-0.2, 0) is 0 Å². The lowest BCUT2D eigenvalue weighted by Gasteiger charge is -2.29. The number of hydrogen-bond donors (Lipinski definition) is 0. The van der Waals surface area contributed by atoms with Crippen LogP contribution in [-0.4, -0.2) is 0 Å². The molecule has 0 atom stereocenters. The van der Waals surface area contributed by atoms with Gasteiger partial charge in [0.1, 0.15) is 0 Å². The van der Waals surface area contributed by atoms with Crippen molar-refractivity contribution in [2.45, 2.75) is 20.8 Å². The molecule has 0 fully saturated rings. The summed E-state index contributed by atoms with van der Waals surface area (Å²) in [5, 5.41) is 2.42. The molecule has 1 heteroatoms. The van der Waals surface area contributed by atoms with Crippen molar-refractivity contribution in [3.8, 4) is 0 Å². The van der Waals surface area contributed by atoms with E-state index in [1.165, 1.54) is 72.1 Å². The third-order valence-corrected chi connectivity index (χ3v) is 10.0. The molecule has 0 aliphatic heterocycles. The normalized spacial score (nSPS) is 10.9. The van der Waals surface area contributed by atoms with Gasteiger partial charge in [-0.1, -0.05) is 169 Å². The summed E-state index contributed by atoms with van der Waals surface area (Å²) in [4.78, 5) is 2.43. The molecule has 1 nitrogen and oxygen atoms in total. The van der Waals surface area contributed by atoms with Gasteiger partial charge in [-0.2, -0.15) is 0 Å². The molecule has 260 valence electrons. The van der Waals surface area contributed by atoms with Crippen molar-refractivity contribution < 1.29 is 0 Å². The highest BCUT2D eigenvalue weighted by Crippen LogP contribution is 2.42. The monoisotopic (exact) mass is 693 g/mol. The van der Waals surface area contributed by atoms with Crippen molar-refractivity contribution in [3.63, 3.8) is 0 Å². The number of aryl methyl sites for hydroxylation is 3. The lowest BCUT2D eigenvalue weighted by Crippen LogP contribution is -2.12. The van der Waals surface area contributed by atoms with E-state index in [1.54, 1.807) is 0 Å². The van der Waals surface area contributed by atoms with Crippen molar-refractivity contribution in [1.29, 1.82) is 0 Å². The maximum atomic E-state index is 2.43. The van der Waals surface area contributed by atoms with Crippen LogP contribution >= 0.6 is 0 Å². The zero-order chi connectivity index (χ0) is 36.9. The highest BCUT2D eigenvalue weighted by molar-refractivity contribution is 6.02. The number of nitrogens with zero attached hydrogens (tertiary/aromatic N) is 1. The van der Waals surface area contributed by atoms with E-state index in [4.69, 9.17) is 0 Å². The van der Waals surface area contributed by atoms with Crippen LogP contribution < -0.4 is 4.90 Å². The van der Waals surface area contributed by atoms with Crippen molar-refractivity contribution in [2.75, 3.05) is 4.90 Å². The van der Waals surface area contributed by atoms with Crippen LogP contribution in [0.4, 0.5) is 17.1 Å². The van der Waals surface area contributed by atoms with Gasteiger partial charge >= 0.3 is 0 Å². The Hall–Kier alpha value is -6.70. The second-order valence-corrected chi connectivity index (χ2v) is 14.1. The molecule has 0 radical (unpaired) electrons. The van der Waals surface area contributed by atoms with Gasteiger partial charge in [-0.05, 0) is 124 Å². The Bertz CT molecular complexity index is 2500. The van der Waals surface area contributed by atoms with Gasteiger partial charge in [-0.15, -0.1) is 0 Å². The summed E-state index contributed by atoms with van der Waals surface area (Å²) in [6.45, 7) is 6.58. The predicted octanol–water partition coefficient (Wildman–Crippen LogP) is 14.4. The third-order valence-electron chi connectivity index (χ3n) is 10.0. The van der Waals surface area contributed by atoms with Gasteiger partial charge in [-0.3, -0.25) is 0 Å². The van der Waals surface area contributed by atoms with Gasteiger partial charge < -0.3 is 4.90 Å². The summed E-state index contributed by atoms with van der Waals surface area (Å²) in [5.74, 6) is 0. The lowest BCUT2D eigenvalue weighted by molar-refractivity contribution is 1.24. The first-order chi connectivity index (χ1) is 26.5. The van der Waals surface area contributed by atoms with E-state index in [-0.39, 0.29) is 0 Å². The molecule has 0 aliphatic rings. The quantitative estimate of drug-likeness (QED) is 0.136. The summed E-state index contributed by atoms with van der Waals surface area (Å²) in [6.07, 6.45) is 4.62. The fourth-order valence-corrected chi connectivity index (χ4v) is 7.44. The number of benzene rings is 8. The van der Waals surface area contributed by atoms with Crippen LogP contribution in [0.3, 0.4) is 0 Å². The zero-order valence-electron chi connectivity index (χ0n) is 31.1. The van der Waals surface area contributed by atoms with E-state index in [0.29, 0.717) is 0 Å². The van der Waals surface area contributed by atoms with Gasteiger partial charge in [0.2, 0.25) is 0 Å². The maximum absolute atomic E-state index is 2.43. The molecule has 0 heterocycles. The molecule has 8 aromatic rings. The van der Waals surface area contributed by atoms with Crippen LogP contribution in [0.2, 0.25) is 0 Å². The Morgan fingerprint density at radius 2 is 0.870 bits per heavy atom. The summed E-state index contributed by atoms with van der Waals surface area (Å²) in [7, 11) is 0. The minimum Gasteiger partial charge on any atom is -0.310 e. The molecular weight excluding hydrogens is 651 g/mol. The van der Waals surface area contributed by atoms with Gasteiger partial charge in [-0.25, -0.2) is 0 Å². The van der Waals surface area contributed by atoms with Gasteiger partial charge in [0.25, 0.3) is 0 Å². The molecule has 54 heavy (non-hydrogen) atoms. The Balaban J connectivity index is 1.24. The first-order valence-electron chi connectivity index (χ1n) is 18.7. The predicted molar refractivity (Wildman–Crippen MR) is 233 cm³/mol. The molecule has 0 saturated heterocycles. The Kier molecular flexibility index (Phi) is 9.87. The minimum atomic E-state index is 1.12. The van der Waals surface area contributed by atoms with Gasteiger partial charge in [0, 0.05) is 16.8 Å². The third kappa shape index (κ3) is 7.44. The van der Waals surface area contributed by atoms with Crippen LogP contribution in [0, 0.1) is 20.8 Å². The fraction of sp³-hybridized carbons (Fsp3) is 0.0566. The van der Waals surface area contributed by atoms with E-state index in [2.05, 4.69) is 232 Å². The largest absolute Gasteiger partial charge is 0.310 e. The highest BCUT2D eigenvalue weighted by atomic mass is 15.1. The molecule has 0 amide bonds. The number of fused-ring (bicyclic) bond motifs is 1. The van der Waals surface area contributed by atoms with Crippen molar-refractivity contribution in [1.82, 2.24) is 0 Å². The second kappa shape index (κ2) is 15.5. The van der Waals surface area contributed by atoms with Crippen molar-refractivity contribution in [3.05, 3.63) is 244 Å². The molecule has 0 unspecified atom stereocenters. The summed E-state index contributed by atoms with van der Waals surface area (Å²) < 4.78 is 0. The topological polar surface area (TPSA) is 3.24 Å². The molecule has 8 aromatic carbocycles. The second-order valence-electron chi connectivity index (χ2n) is 14.1. The average molecular weight is 694 g/mol. The molecule has 0 aliphatic carbocycles. The highest BCUT2D eigenvalue weighted by Gasteiger charge is 2.18. The van der Waals surface area contributed by atoms with E-state index in [0.717, 1.165) is 16.9 Å². The van der Waals surface area contributed by atoms with Gasteiger partial charge in [0.15, 0.2) is 0 Å². The van der Waals surface area contributed by atoms with E-state index >= 15 is 0 Å². The Morgan fingerprint density at radius 3 is 1.37 bits per heavy atom. The molecular formula is C53H43N. The molecule has 0 saturated carbocycles. The summed E-state index contributed by atoms with van der Waals surface area (Å²) >= 11 is 0. The van der Waals surface area contributed by atoms with Crippen LogP contribution in [0.15, 0.2) is 194 Å². The molecule has 0 N–H and O–H groups in total. The van der Waals surface area contributed by atoms with E-state index in [9.17, 15) is 0 Å². The summed E-state index contributed by atoms with van der Waals surface area (Å²) in [6, 6.07) is 69.9. The fourth-order valence-electron chi connectivity index (χ4n) is 7.44. The number of rotatable bonds is 9. The average Bonchev–Trinajstić information content (AvgIpc) is 3.21. The molecule has 0 spiro atoms. The maximum Gasteiger partial charge on any atom is 0.0542 e. The smallest absolute Gasteiger partial charge is 0.0542 e. The molecule has 0 aromatic heterocycles. The first kappa shape index (κ1) is 34.4. The van der Waals surface area contributed by atoms with E-state index < -0.39 is 0 Å². The first-order valence-corrected chi connectivity index (χ1v) is 18.7. The number of hydrogen-bond acceptors (Lipinski definition) is 1. The van der Waals surface area contributed by atoms with Crippen LogP contribution in [0.25, 0.3) is 34.1 Å². The molecule has 8 rings (SSSR count). The standard InChI is InChI=1S/C53H43N/c1-38-24-31-52(40(3)32-38)54(48-28-25-41(26-29-48)36-50(43-16-8-4-9-17-43)44-18-10-5-11-19-44)53-34-39(2)33-47-35-42(27-30-49(47)53)37-51(45-20-12-6-13-21-45)46-22-14-7-15-23-46/h4-37H,1-3H3. The zero-order valence-corrected chi connectivity index (χ0v) is 31.1. The SMILES string of the molecule is Cc1ccc(N(c2ccc(C=C(c3ccccc3)c3ccccc3)cc2)c2cc(C)cc3cc(C=C(c4ccccc4)c4ccccc4)ccc23)c(C)c1.